The van der Waals surface area contributed by atoms with E-state index in [1.807, 2.05) is 19.1 Å². The van der Waals surface area contributed by atoms with Crippen molar-refractivity contribution in [2.75, 3.05) is 0 Å². The second-order valence-electron chi connectivity index (χ2n) is 4.74. The standard InChI is InChI=1S/C16H16ClF2NS/c1-2-15(20)16(10-3-5-11(17)6-4-10)21-12-7-8-13(18)14(19)9-12/h3-9,15-16H,2,20H2,1H3. The van der Waals surface area contributed by atoms with E-state index in [1.165, 1.54) is 17.8 Å². The Morgan fingerprint density at radius 1 is 1.10 bits per heavy atom. The van der Waals surface area contributed by atoms with Gasteiger partial charge in [0.05, 0.1) is 0 Å². The van der Waals surface area contributed by atoms with E-state index in [0.717, 1.165) is 18.1 Å². The van der Waals surface area contributed by atoms with E-state index in [4.69, 9.17) is 17.3 Å². The molecule has 0 fully saturated rings. The zero-order chi connectivity index (χ0) is 15.4. The van der Waals surface area contributed by atoms with Crippen LogP contribution < -0.4 is 5.73 Å². The van der Waals surface area contributed by atoms with Crippen LogP contribution in [-0.2, 0) is 0 Å². The van der Waals surface area contributed by atoms with Crippen LogP contribution in [0.2, 0.25) is 5.02 Å². The summed E-state index contributed by atoms with van der Waals surface area (Å²) in [5.74, 6) is -1.69. The summed E-state index contributed by atoms with van der Waals surface area (Å²) in [5.41, 5.74) is 7.20. The number of nitrogens with two attached hydrogens (primary N) is 1. The first-order valence-electron chi connectivity index (χ1n) is 6.64. The summed E-state index contributed by atoms with van der Waals surface area (Å²) in [4.78, 5) is 0.651. The molecule has 0 aliphatic rings. The summed E-state index contributed by atoms with van der Waals surface area (Å²) in [7, 11) is 0. The van der Waals surface area contributed by atoms with Gasteiger partial charge in [-0.2, -0.15) is 0 Å². The lowest BCUT2D eigenvalue weighted by Crippen LogP contribution is -2.25. The fourth-order valence-corrected chi connectivity index (χ4v) is 3.36. The predicted molar refractivity (Wildman–Crippen MR) is 84.7 cm³/mol. The first kappa shape index (κ1) is 16.3. The Hall–Kier alpha value is -1.10. The highest BCUT2D eigenvalue weighted by atomic mass is 35.5. The average Bonchev–Trinajstić information content (AvgIpc) is 2.48. The van der Waals surface area contributed by atoms with Gasteiger partial charge in [0.15, 0.2) is 11.6 Å². The van der Waals surface area contributed by atoms with Crippen molar-refractivity contribution in [3.05, 3.63) is 64.7 Å². The van der Waals surface area contributed by atoms with Gasteiger partial charge in [0.1, 0.15) is 0 Å². The molecule has 2 atom stereocenters. The van der Waals surface area contributed by atoms with Crippen molar-refractivity contribution in [1.29, 1.82) is 0 Å². The maximum atomic E-state index is 13.3. The molecule has 2 aromatic rings. The van der Waals surface area contributed by atoms with E-state index in [2.05, 4.69) is 0 Å². The molecule has 0 saturated heterocycles. The van der Waals surface area contributed by atoms with Crippen molar-refractivity contribution in [2.45, 2.75) is 29.5 Å². The highest BCUT2D eigenvalue weighted by Gasteiger charge is 2.20. The van der Waals surface area contributed by atoms with Crippen molar-refractivity contribution in [1.82, 2.24) is 0 Å². The Labute approximate surface area is 132 Å². The molecule has 0 aromatic heterocycles. The van der Waals surface area contributed by atoms with Gasteiger partial charge in [0.2, 0.25) is 0 Å². The average molecular weight is 328 g/mol. The second-order valence-corrected chi connectivity index (χ2v) is 6.39. The lowest BCUT2D eigenvalue weighted by molar-refractivity contribution is 0.506. The first-order valence-corrected chi connectivity index (χ1v) is 7.89. The van der Waals surface area contributed by atoms with Crippen molar-refractivity contribution in [3.63, 3.8) is 0 Å². The van der Waals surface area contributed by atoms with Gasteiger partial charge in [0, 0.05) is 21.2 Å². The van der Waals surface area contributed by atoms with Crippen molar-refractivity contribution in [2.24, 2.45) is 5.73 Å². The number of rotatable bonds is 5. The van der Waals surface area contributed by atoms with E-state index in [9.17, 15) is 8.78 Å². The van der Waals surface area contributed by atoms with Crippen molar-refractivity contribution < 1.29 is 8.78 Å². The van der Waals surface area contributed by atoms with Gasteiger partial charge in [-0.3, -0.25) is 0 Å². The highest BCUT2D eigenvalue weighted by molar-refractivity contribution is 7.99. The molecule has 2 N–H and O–H groups in total. The van der Waals surface area contributed by atoms with Gasteiger partial charge in [-0.1, -0.05) is 30.7 Å². The lowest BCUT2D eigenvalue weighted by Gasteiger charge is -2.23. The van der Waals surface area contributed by atoms with Crippen LogP contribution in [0.4, 0.5) is 8.78 Å². The summed E-state index contributed by atoms with van der Waals surface area (Å²) >= 11 is 7.33. The molecule has 0 aliphatic heterocycles. The Kier molecular flexibility index (Phi) is 5.62. The van der Waals surface area contributed by atoms with Gasteiger partial charge in [0.25, 0.3) is 0 Å². The van der Waals surface area contributed by atoms with Crippen molar-refractivity contribution in [3.8, 4) is 0 Å². The Balaban J connectivity index is 2.28. The molecule has 1 nitrogen and oxygen atoms in total. The summed E-state index contributed by atoms with van der Waals surface area (Å²) in [6, 6.07) is 11.2. The summed E-state index contributed by atoms with van der Waals surface area (Å²) < 4.78 is 26.3. The largest absolute Gasteiger partial charge is 0.326 e. The molecule has 2 unspecified atom stereocenters. The number of benzene rings is 2. The van der Waals surface area contributed by atoms with E-state index in [0.29, 0.717) is 9.92 Å². The fourth-order valence-electron chi connectivity index (χ4n) is 1.97. The van der Waals surface area contributed by atoms with Crippen LogP contribution in [-0.4, -0.2) is 6.04 Å². The van der Waals surface area contributed by atoms with E-state index in [-0.39, 0.29) is 11.3 Å². The third-order valence-corrected chi connectivity index (χ3v) is 4.87. The van der Waals surface area contributed by atoms with Gasteiger partial charge >= 0.3 is 0 Å². The number of hydrogen-bond acceptors (Lipinski definition) is 2. The first-order chi connectivity index (χ1) is 10.0. The van der Waals surface area contributed by atoms with Crippen LogP contribution in [0.15, 0.2) is 47.4 Å². The molecule has 2 aromatic carbocycles. The van der Waals surface area contributed by atoms with Crippen molar-refractivity contribution >= 4 is 23.4 Å². The Bertz CT molecular complexity index is 604. The molecular weight excluding hydrogens is 312 g/mol. The van der Waals surface area contributed by atoms with Gasteiger partial charge in [-0.25, -0.2) is 8.78 Å². The van der Waals surface area contributed by atoms with Gasteiger partial charge in [-0.05, 0) is 42.3 Å². The van der Waals surface area contributed by atoms with E-state index < -0.39 is 11.6 Å². The van der Waals surface area contributed by atoms with Crippen LogP contribution in [0.5, 0.6) is 0 Å². The van der Waals surface area contributed by atoms with Crippen LogP contribution in [0.25, 0.3) is 0 Å². The molecule has 0 spiro atoms. The third kappa shape index (κ3) is 4.19. The van der Waals surface area contributed by atoms with Crippen LogP contribution in [0.1, 0.15) is 24.2 Å². The van der Waals surface area contributed by atoms with E-state index >= 15 is 0 Å². The summed E-state index contributed by atoms with van der Waals surface area (Å²) in [5, 5.41) is 0.609. The molecule has 0 aliphatic carbocycles. The summed E-state index contributed by atoms with van der Waals surface area (Å²) in [6.45, 7) is 2.00. The smallest absolute Gasteiger partial charge is 0.159 e. The lowest BCUT2D eigenvalue weighted by atomic mass is 10.0. The molecule has 0 saturated carbocycles. The third-order valence-electron chi connectivity index (χ3n) is 3.21. The normalized spacial score (nSPS) is 14.0. The molecule has 0 heterocycles. The zero-order valence-corrected chi connectivity index (χ0v) is 13.1. The number of halogens is 3. The van der Waals surface area contributed by atoms with Gasteiger partial charge in [-0.15, -0.1) is 11.8 Å². The minimum atomic E-state index is -0.847. The maximum absolute atomic E-state index is 13.3. The molecule has 21 heavy (non-hydrogen) atoms. The highest BCUT2D eigenvalue weighted by Crippen LogP contribution is 2.38. The molecule has 0 amide bonds. The SMILES string of the molecule is CCC(N)C(Sc1ccc(F)c(F)c1)c1ccc(Cl)cc1. The van der Waals surface area contributed by atoms with Crippen LogP contribution in [0, 0.1) is 11.6 Å². The molecular formula is C16H16ClF2NS. The minimum absolute atomic E-state index is 0.0443. The maximum Gasteiger partial charge on any atom is 0.159 e. The number of hydrogen-bond donors (Lipinski definition) is 1. The molecule has 0 radical (unpaired) electrons. The predicted octanol–water partition coefficient (Wildman–Crippen LogP) is 5.19. The second kappa shape index (κ2) is 7.25. The molecule has 2 rings (SSSR count). The Morgan fingerprint density at radius 2 is 1.76 bits per heavy atom. The summed E-state index contributed by atoms with van der Waals surface area (Å²) in [6.07, 6.45) is 0.782. The fraction of sp³-hybridized carbons (Fsp3) is 0.250. The molecule has 0 bridgehead atoms. The monoisotopic (exact) mass is 327 g/mol. The topological polar surface area (TPSA) is 26.0 Å². The molecule has 5 heteroatoms. The Morgan fingerprint density at radius 3 is 2.33 bits per heavy atom. The zero-order valence-electron chi connectivity index (χ0n) is 11.5. The van der Waals surface area contributed by atoms with Crippen LogP contribution in [0.3, 0.4) is 0 Å². The van der Waals surface area contributed by atoms with Crippen LogP contribution >= 0.6 is 23.4 Å². The molecule has 112 valence electrons. The van der Waals surface area contributed by atoms with E-state index in [1.54, 1.807) is 18.2 Å². The quantitative estimate of drug-likeness (QED) is 0.765. The minimum Gasteiger partial charge on any atom is -0.326 e. The van der Waals surface area contributed by atoms with Gasteiger partial charge < -0.3 is 5.73 Å². The number of thioether (sulfide) groups is 1.